The van der Waals surface area contributed by atoms with E-state index < -0.39 is 0 Å². The third kappa shape index (κ3) is 4.43. The molecule has 3 aliphatic carbocycles. The number of carbonyl (C=O) groups is 2. The minimum absolute atomic E-state index is 0.0654. The Balaban J connectivity index is 1.41. The van der Waals surface area contributed by atoms with Gasteiger partial charge in [-0.15, -0.1) is 11.3 Å². The summed E-state index contributed by atoms with van der Waals surface area (Å²) in [7, 11) is 1.43. The zero-order chi connectivity index (χ0) is 22.0. The minimum Gasteiger partial charge on any atom is -0.469 e. The first-order chi connectivity index (χ1) is 14.9. The normalized spacial score (nSPS) is 26.5. The van der Waals surface area contributed by atoms with Crippen LogP contribution in [0.25, 0.3) is 10.1 Å². The van der Waals surface area contributed by atoms with Gasteiger partial charge >= 0.3 is 5.97 Å². The van der Waals surface area contributed by atoms with Crippen LogP contribution in [0, 0.1) is 23.2 Å². The highest BCUT2D eigenvalue weighted by atomic mass is 32.1. The van der Waals surface area contributed by atoms with Gasteiger partial charge in [-0.05, 0) is 61.3 Å². The number of ether oxygens (including phenoxy) is 1. The van der Waals surface area contributed by atoms with E-state index in [0.717, 1.165) is 40.8 Å². The highest BCUT2D eigenvalue weighted by molar-refractivity contribution is 7.17. The van der Waals surface area contributed by atoms with Crippen LogP contribution in [0.15, 0.2) is 41.8 Å². The van der Waals surface area contributed by atoms with Gasteiger partial charge in [0.2, 0.25) is 0 Å². The van der Waals surface area contributed by atoms with Crippen molar-refractivity contribution in [2.24, 2.45) is 23.2 Å². The number of methoxy groups -OCH3 is 1. The number of amides is 1. The second-order valence-corrected chi connectivity index (χ2v) is 10.6. The van der Waals surface area contributed by atoms with Gasteiger partial charge in [0.25, 0.3) is 5.91 Å². The van der Waals surface area contributed by atoms with Crippen molar-refractivity contribution >= 4 is 33.3 Å². The smallest absolute Gasteiger partial charge is 0.305 e. The maximum atomic E-state index is 13.2. The predicted octanol–water partition coefficient (Wildman–Crippen LogP) is 5.97. The zero-order valence-corrected chi connectivity index (χ0v) is 19.5. The molecule has 31 heavy (non-hydrogen) atoms. The Morgan fingerprint density at radius 3 is 2.81 bits per heavy atom. The molecule has 3 fully saturated rings. The molecule has 3 aliphatic rings. The van der Waals surface area contributed by atoms with Crippen LogP contribution in [0.4, 0.5) is 0 Å². The summed E-state index contributed by atoms with van der Waals surface area (Å²) in [6.07, 6.45) is 9.98. The van der Waals surface area contributed by atoms with E-state index in [1.165, 1.54) is 20.0 Å². The van der Waals surface area contributed by atoms with Crippen LogP contribution in [0.2, 0.25) is 0 Å². The van der Waals surface area contributed by atoms with Gasteiger partial charge in [0.05, 0.1) is 12.7 Å². The van der Waals surface area contributed by atoms with Gasteiger partial charge in [-0.1, -0.05) is 44.2 Å². The van der Waals surface area contributed by atoms with E-state index in [2.05, 4.69) is 37.4 Å². The number of fused-ring (bicyclic) bond motifs is 3. The predicted molar refractivity (Wildman–Crippen MR) is 126 cm³/mol. The molecule has 5 heteroatoms. The van der Waals surface area contributed by atoms with Crippen molar-refractivity contribution in [1.82, 2.24) is 5.32 Å². The van der Waals surface area contributed by atoms with Crippen molar-refractivity contribution in [3.8, 4) is 0 Å². The monoisotopic (exact) mass is 439 g/mol. The van der Waals surface area contributed by atoms with E-state index in [0.29, 0.717) is 23.7 Å². The third-order valence-corrected chi connectivity index (χ3v) is 8.65. The molecule has 2 aromatic rings. The standard InChI is InChI=1S/C26H33NO3S/c1-26(2)18-14-17(10-6-4-5-7-13-23(28)30-3)24(21(26)15-18)27-25(29)20-16-31-22-12-9-8-11-19(20)22/h4,6,8-9,11-12,16-18,21,24H,5,7,10,13-15H2,1-3H3,(H,27,29)/b6-4-/t17-,18-,21-,24+/m0/s1. The minimum atomic E-state index is -0.147. The largest absolute Gasteiger partial charge is 0.469 e. The number of rotatable bonds is 8. The van der Waals surface area contributed by atoms with Gasteiger partial charge in [-0.3, -0.25) is 9.59 Å². The maximum Gasteiger partial charge on any atom is 0.305 e. The van der Waals surface area contributed by atoms with E-state index in [-0.39, 0.29) is 17.9 Å². The molecule has 5 rings (SSSR count). The Morgan fingerprint density at radius 2 is 2.03 bits per heavy atom. The molecule has 4 atom stereocenters. The summed E-state index contributed by atoms with van der Waals surface area (Å²) in [4.78, 5) is 24.5. The maximum absolute atomic E-state index is 13.2. The number of benzene rings is 1. The van der Waals surface area contributed by atoms with Gasteiger partial charge < -0.3 is 10.1 Å². The number of allylic oxidation sites excluding steroid dienone is 2. The van der Waals surface area contributed by atoms with E-state index >= 15 is 0 Å². The lowest BCUT2D eigenvalue weighted by molar-refractivity contribution is -0.140. The fraction of sp³-hybridized carbons (Fsp3) is 0.538. The van der Waals surface area contributed by atoms with Crippen LogP contribution >= 0.6 is 11.3 Å². The summed E-state index contributed by atoms with van der Waals surface area (Å²) in [5.74, 6) is 1.69. The van der Waals surface area contributed by atoms with Crippen molar-refractivity contribution in [1.29, 1.82) is 0 Å². The first-order valence-electron chi connectivity index (χ1n) is 11.4. The van der Waals surface area contributed by atoms with Gasteiger partial charge in [-0.2, -0.15) is 0 Å². The first kappa shape index (κ1) is 22.1. The second kappa shape index (κ2) is 9.15. The third-order valence-electron chi connectivity index (χ3n) is 7.68. The highest BCUT2D eigenvalue weighted by Gasteiger charge is 2.57. The molecule has 2 bridgehead atoms. The number of thiophene rings is 1. The van der Waals surface area contributed by atoms with E-state index in [1.54, 1.807) is 11.3 Å². The van der Waals surface area contributed by atoms with Crippen molar-refractivity contribution in [2.45, 2.75) is 58.4 Å². The molecule has 0 aliphatic heterocycles. The topological polar surface area (TPSA) is 55.4 Å². The molecule has 1 heterocycles. The summed E-state index contributed by atoms with van der Waals surface area (Å²) in [5.41, 5.74) is 1.10. The number of hydrogen-bond acceptors (Lipinski definition) is 4. The molecule has 0 spiro atoms. The van der Waals surface area contributed by atoms with Gasteiger partial charge in [0.1, 0.15) is 0 Å². The highest BCUT2D eigenvalue weighted by Crippen LogP contribution is 2.61. The molecule has 1 amide bonds. The Bertz CT molecular complexity index is 976. The molecule has 1 aromatic carbocycles. The average Bonchev–Trinajstić information content (AvgIpc) is 3.20. The SMILES string of the molecule is COC(=O)CCC/C=C\C[C@H]1C[C@H]2C[C@@H]([C@@H]1NC(=O)c1csc3ccccc13)C2(C)C. The summed E-state index contributed by atoms with van der Waals surface area (Å²) in [6, 6.07) is 8.35. The molecule has 0 saturated heterocycles. The summed E-state index contributed by atoms with van der Waals surface area (Å²) in [5, 5.41) is 6.50. The fourth-order valence-electron chi connectivity index (χ4n) is 5.61. The Hall–Kier alpha value is -2.14. The molecule has 0 unspecified atom stereocenters. The molecular weight excluding hydrogens is 406 g/mol. The Morgan fingerprint density at radius 1 is 1.23 bits per heavy atom. The van der Waals surface area contributed by atoms with Gasteiger partial charge in [0.15, 0.2) is 0 Å². The average molecular weight is 440 g/mol. The second-order valence-electron chi connectivity index (χ2n) is 9.68. The van der Waals surface area contributed by atoms with Crippen LogP contribution in [-0.2, 0) is 9.53 Å². The van der Waals surface area contributed by atoms with E-state index in [1.807, 2.05) is 23.6 Å². The number of nitrogens with one attached hydrogen (secondary N) is 1. The van der Waals surface area contributed by atoms with Crippen LogP contribution in [-0.4, -0.2) is 25.0 Å². The number of carbonyl (C=O) groups excluding carboxylic acids is 2. The summed E-state index contributed by atoms with van der Waals surface area (Å²) >= 11 is 1.64. The van der Waals surface area contributed by atoms with E-state index in [4.69, 9.17) is 4.74 Å². The number of hydrogen-bond donors (Lipinski definition) is 1. The summed E-state index contributed by atoms with van der Waals surface area (Å²) in [6.45, 7) is 4.73. The molecule has 166 valence electrons. The Kier molecular flexibility index (Phi) is 6.52. The Labute approximate surface area is 189 Å². The van der Waals surface area contributed by atoms with Gasteiger partial charge in [0, 0.05) is 27.9 Å². The number of esters is 1. The fourth-order valence-corrected chi connectivity index (χ4v) is 6.55. The quantitative estimate of drug-likeness (QED) is 0.313. The van der Waals surface area contributed by atoms with E-state index in [9.17, 15) is 9.59 Å². The van der Waals surface area contributed by atoms with Gasteiger partial charge in [-0.25, -0.2) is 0 Å². The van der Waals surface area contributed by atoms with Crippen molar-refractivity contribution in [3.05, 3.63) is 47.4 Å². The lowest BCUT2D eigenvalue weighted by Gasteiger charge is -2.62. The molecule has 1 aromatic heterocycles. The first-order valence-corrected chi connectivity index (χ1v) is 12.3. The lowest BCUT2D eigenvalue weighted by atomic mass is 9.44. The lowest BCUT2D eigenvalue weighted by Crippen LogP contribution is -2.63. The number of unbranched alkanes of at least 4 members (excludes halogenated alkanes) is 1. The molecule has 3 saturated carbocycles. The molecular formula is C26H33NO3S. The molecule has 1 N–H and O–H groups in total. The van der Waals surface area contributed by atoms with Crippen molar-refractivity contribution in [2.75, 3.05) is 7.11 Å². The van der Waals surface area contributed by atoms with Crippen LogP contribution in [0.3, 0.4) is 0 Å². The van der Waals surface area contributed by atoms with Crippen molar-refractivity contribution in [3.63, 3.8) is 0 Å². The van der Waals surface area contributed by atoms with Crippen LogP contribution in [0.5, 0.6) is 0 Å². The van der Waals surface area contributed by atoms with Crippen molar-refractivity contribution < 1.29 is 14.3 Å². The van der Waals surface area contributed by atoms with Crippen LogP contribution in [0.1, 0.15) is 62.7 Å². The van der Waals surface area contributed by atoms with Crippen LogP contribution < -0.4 is 5.32 Å². The molecule has 4 nitrogen and oxygen atoms in total. The molecule has 0 radical (unpaired) electrons. The summed E-state index contributed by atoms with van der Waals surface area (Å²) < 4.78 is 5.85. The zero-order valence-electron chi connectivity index (χ0n) is 18.7.